The van der Waals surface area contributed by atoms with Gasteiger partial charge in [-0.05, 0) is 22.4 Å². The van der Waals surface area contributed by atoms with Crippen molar-refractivity contribution in [1.82, 2.24) is 15.3 Å². The third kappa shape index (κ3) is 2.52. The Hall–Kier alpha value is -1.70. The van der Waals surface area contributed by atoms with Gasteiger partial charge in [-0.25, -0.2) is 4.98 Å². The van der Waals surface area contributed by atoms with Gasteiger partial charge in [0.1, 0.15) is 16.3 Å². The van der Waals surface area contributed by atoms with Crippen molar-refractivity contribution >= 4 is 33.6 Å². The SMILES string of the molecule is O=C1CCC(Nc2nc[nH]c(=O)c2Br)C(=O)N1. The molecule has 1 unspecified atom stereocenters. The molecule has 17 heavy (non-hydrogen) atoms. The van der Waals surface area contributed by atoms with Crippen molar-refractivity contribution in [2.75, 3.05) is 5.32 Å². The Kier molecular flexibility index (Phi) is 3.23. The minimum Gasteiger partial charge on any atom is -0.357 e. The van der Waals surface area contributed by atoms with Gasteiger partial charge in [-0.15, -0.1) is 0 Å². The summed E-state index contributed by atoms with van der Waals surface area (Å²) in [5, 5.41) is 5.03. The van der Waals surface area contributed by atoms with Crippen LogP contribution in [-0.4, -0.2) is 27.8 Å². The number of piperidine rings is 1. The van der Waals surface area contributed by atoms with Gasteiger partial charge in [-0.3, -0.25) is 19.7 Å². The highest BCUT2D eigenvalue weighted by Crippen LogP contribution is 2.17. The van der Waals surface area contributed by atoms with Crippen molar-refractivity contribution in [1.29, 1.82) is 0 Å². The normalized spacial score (nSPS) is 19.9. The summed E-state index contributed by atoms with van der Waals surface area (Å²) in [5.41, 5.74) is -0.338. The summed E-state index contributed by atoms with van der Waals surface area (Å²) >= 11 is 3.07. The molecule has 1 atom stereocenters. The maximum atomic E-state index is 11.5. The molecular weight excluding hydrogens is 292 g/mol. The molecule has 0 radical (unpaired) electrons. The molecule has 2 heterocycles. The predicted octanol–water partition coefficient (Wildman–Crippen LogP) is -0.251. The number of imide groups is 1. The van der Waals surface area contributed by atoms with Crippen LogP contribution in [0.5, 0.6) is 0 Å². The molecule has 1 saturated heterocycles. The van der Waals surface area contributed by atoms with Crippen LogP contribution in [-0.2, 0) is 9.59 Å². The first kappa shape index (κ1) is 11.8. The number of halogens is 1. The highest BCUT2D eigenvalue weighted by Gasteiger charge is 2.27. The van der Waals surface area contributed by atoms with Crippen molar-refractivity contribution < 1.29 is 9.59 Å². The largest absolute Gasteiger partial charge is 0.357 e. The zero-order chi connectivity index (χ0) is 12.4. The van der Waals surface area contributed by atoms with Crippen molar-refractivity contribution in [3.05, 3.63) is 21.2 Å². The summed E-state index contributed by atoms with van der Waals surface area (Å²) in [6, 6.07) is -0.557. The number of aromatic amines is 1. The first-order valence-electron chi connectivity index (χ1n) is 4.91. The van der Waals surface area contributed by atoms with Gasteiger partial charge in [0.25, 0.3) is 5.56 Å². The topological polar surface area (TPSA) is 104 Å². The van der Waals surface area contributed by atoms with Gasteiger partial charge in [-0.1, -0.05) is 0 Å². The molecule has 2 rings (SSSR count). The van der Waals surface area contributed by atoms with Crippen LogP contribution in [0, 0.1) is 0 Å². The van der Waals surface area contributed by atoms with E-state index in [0.29, 0.717) is 6.42 Å². The number of aromatic nitrogens is 2. The molecule has 1 fully saturated rings. The molecule has 0 spiro atoms. The average Bonchev–Trinajstić information content (AvgIpc) is 2.28. The molecule has 2 amide bonds. The number of nitrogens with one attached hydrogen (secondary N) is 3. The van der Waals surface area contributed by atoms with Crippen LogP contribution in [0.25, 0.3) is 0 Å². The second kappa shape index (κ2) is 4.66. The van der Waals surface area contributed by atoms with Crippen LogP contribution in [0.15, 0.2) is 15.6 Å². The number of rotatable bonds is 2. The first-order chi connectivity index (χ1) is 8.08. The zero-order valence-corrected chi connectivity index (χ0v) is 10.2. The number of nitrogens with zero attached hydrogens (tertiary/aromatic N) is 1. The third-order valence-corrected chi connectivity index (χ3v) is 3.08. The number of hydrogen-bond donors (Lipinski definition) is 3. The summed E-state index contributed by atoms with van der Waals surface area (Å²) in [6.07, 6.45) is 1.89. The van der Waals surface area contributed by atoms with Crippen molar-refractivity contribution in [2.45, 2.75) is 18.9 Å². The second-order valence-corrected chi connectivity index (χ2v) is 4.34. The van der Waals surface area contributed by atoms with E-state index in [-0.39, 0.29) is 28.2 Å². The van der Waals surface area contributed by atoms with Crippen LogP contribution >= 0.6 is 15.9 Å². The molecule has 3 N–H and O–H groups in total. The van der Waals surface area contributed by atoms with E-state index in [4.69, 9.17) is 0 Å². The maximum absolute atomic E-state index is 11.5. The molecule has 1 aromatic rings. The van der Waals surface area contributed by atoms with E-state index in [1.807, 2.05) is 0 Å². The van der Waals surface area contributed by atoms with Crippen LogP contribution in [0.1, 0.15) is 12.8 Å². The summed E-state index contributed by atoms with van der Waals surface area (Å²) < 4.78 is 0.227. The van der Waals surface area contributed by atoms with Gasteiger partial charge in [0.2, 0.25) is 11.8 Å². The van der Waals surface area contributed by atoms with E-state index in [9.17, 15) is 14.4 Å². The summed E-state index contributed by atoms with van der Waals surface area (Å²) in [4.78, 5) is 40.0. The molecule has 7 nitrogen and oxygen atoms in total. The molecule has 1 aromatic heterocycles. The smallest absolute Gasteiger partial charge is 0.267 e. The van der Waals surface area contributed by atoms with Gasteiger partial charge in [0, 0.05) is 6.42 Å². The molecule has 0 bridgehead atoms. The van der Waals surface area contributed by atoms with Crippen LogP contribution < -0.4 is 16.2 Å². The summed E-state index contributed by atoms with van der Waals surface area (Å²) in [5.74, 6) is -0.413. The number of anilines is 1. The molecule has 1 aliphatic rings. The molecule has 1 aliphatic heterocycles. The fraction of sp³-hybridized carbons (Fsp3) is 0.333. The molecule has 0 aliphatic carbocycles. The Morgan fingerprint density at radius 2 is 2.18 bits per heavy atom. The monoisotopic (exact) mass is 300 g/mol. The summed E-state index contributed by atoms with van der Waals surface area (Å²) in [6.45, 7) is 0. The van der Waals surface area contributed by atoms with E-state index >= 15 is 0 Å². The van der Waals surface area contributed by atoms with Crippen molar-refractivity contribution in [3.63, 3.8) is 0 Å². The van der Waals surface area contributed by atoms with Gasteiger partial charge in [0.15, 0.2) is 0 Å². The van der Waals surface area contributed by atoms with E-state index in [0.717, 1.165) is 0 Å². The van der Waals surface area contributed by atoms with Gasteiger partial charge < -0.3 is 10.3 Å². The Bertz CT molecular complexity index is 527. The second-order valence-electron chi connectivity index (χ2n) is 3.54. The fourth-order valence-electron chi connectivity index (χ4n) is 1.48. The van der Waals surface area contributed by atoms with Crippen molar-refractivity contribution in [3.8, 4) is 0 Å². The molecular formula is C9H9BrN4O3. The Labute approximate surface area is 104 Å². The van der Waals surface area contributed by atoms with Crippen LogP contribution in [0.3, 0.4) is 0 Å². The Morgan fingerprint density at radius 1 is 1.41 bits per heavy atom. The Balaban J connectivity index is 2.16. The predicted molar refractivity (Wildman–Crippen MR) is 62.4 cm³/mol. The van der Waals surface area contributed by atoms with E-state index in [1.54, 1.807) is 0 Å². The van der Waals surface area contributed by atoms with Gasteiger partial charge in [0.05, 0.1) is 6.33 Å². The van der Waals surface area contributed by atoms with E-state index < -0.39 is 11.9 Å². The number of carbonyl (C=O) groups is 2. The zero-order valence-electron chi connectivity index (χ0n) is 8.62. The standard InChI is InChI=1S/C9H9BrN4O3/c10-6-7(11-3-12-9(6)17)13-4-1-2-5(15)14-8(4)16/h3-4H,1-2H2,(H,14,15,16)(H2,11,12,13,17). The fourth-order valence-corrected chi connectivity index (χ4v) is 1.81. The molecule has 0 aromatic carbocycles. The highest BCUT2D eigenvalue weighted by molar-refractivity contribution is 9.10. The summed E-state index contributed by atoms with van der Waals surface area (Å²) in [7, 11) is 0. The minimum absolute atomic E-state index is 0.227. The third-order valence-electron chi connectivity index (χ3n) is 2.35. The van der Waals surface area contributed by atoms with Gasteiger partial charge in [-0.2, -0.15) is 0 Å². The quantitative estimate of drug-likeness (QED) is 0.653. The number of amides is 2. The van der Waals surface area contributed by atoms with Crippen molar-refractivity contribution in [2.24, 2.45) is 0 Å². The maximum Gasteiger partial charge on any atom is 0.267 e. The number of hydrogen-bond acceptors (Lipinski definition) is 5. The lowest BCUT2D eigenvalue weighted by Crippen LogP contribution is -2.47. The lowest BCUT2D eigenvalue weighted by Gasteiger charge is -2.22. The first-order valence-corrected chi connectivity index (χ1v) is 5.70. The molecule has 0 saturated carbocycles. The van der Waals surface area contributed by atoms with E-state index in [1.165, 1.54) is 6.33 Å². The van der Waals surface area contributed by atoms with E-state index in [2.05, 4.69) is 36.5 Å². The van der Waals surface area contributed by atoms with Gasteiger partial charge >= 0.3 is 0 Å². The molecule has 90 valence electrons. The molecule has 8 heteroatoms. The van der Waals surface area contributed by atoms with Crippen LogP contribution in [0.2, 0.25) is 0 Å². The number of carbonyl (C=O) groups excluding carboxylic acids is 2. The average molecular weight is 301 g/mol. The highest BCUT2D eigenvalue weighted by atomic mass is 79.9. The Morgan fingerprint density at radius 3 is 2.88 bits per heavy atom. The number of H-pyrrole nitrogens is 1. The minimum atomic E-state index is -0.557. The lowest BCUT2D eigenvalue weighted by molar-refractivity contribution is -0.133. The van der Waals surface area contributed by atoms with Crippen LogP contribution in [0.4, 0.5) is 5.82 Å². The lowest BCUT2D eigenvalue weighted by atomic mass is 10.1.